The first-order valence-corrected chi connectivity index (χ1v) is 5.98. The van der Waals surface area contributed by atoms with Crippen LogP contribution < -0.4 is 10.5 Å². The average Bonchev–Trinajstić information content (AvgIpc) is 3.06. The number of methoxy groups -OCH3 is 1. The minimum atomic E-state index is 0.593. The van der Waals surface area contributed by atoms with Crippen LogP contribution in [0.1, 0.15) is 12.8 Å². The van der Waals surface area contributed by atoms with Crippen LogP contribution in [0.3, 0.4) is 0 Å². The van der Waals surface area contributed by atoms with Crippen LogP contribution in [0.4, 0.5) is 5.69 Å². The molecule has 94 valence electrons. The predicted molar refractivity (Wildman–Crippen MR) is 66.9 cm³/mol. The molecule has 1 aromatic heterocycles. The number of rotatable bonds is 4. The molecule has 0 saturated heterocycles. The van der Waals surface area contributed by atoms with Crippen LogP contribution >= 0.6 is 0 Å². The quantitative estimate of drug-likeness (QED) is 0.822. The van der Waals surface area contributed by atoms with E-state index in [2.05, 4.69) is 15.5 Å². The zero-order valence-electron chi connectivity index (χ0n) is 10.2. The molecule has 1 aliphatic carbocycles. The standard InChI is InChI=1S/C12H15N5O/c1-18-11-9(3-2-4-10(11)13)12-14-15-16-17(12)7-8-5-6-8/h2-4,8H,5-7,13H2,1H3. The summed E-state index contributed by atoms with van der Waals surface area (Å²) in [6.07, 6.45) is 2.51. The van der Waals surface area contributed by atoms with Crippen molar-refractivity contribution in [2.24, 2.45) is 5.92 Å². The lowest BCUT2D eigenvalue weighted by atomic mass is 10.1. The number of hydrogen-bond donors (Lipinski definition) is 1. The lowest BCUT2D eigenvalue weighted by Gasteiger charge is -2.10. The molecule has 6 heteroatoms. The molecular formula is C12H15N5O. The Bertz CT molecular complexity index is 561. The van der Waals surface area contributed by atoms with Gasteiger partial charge >= 0.3 is 0 Å². The molecule has 18 heavy (non-hydrogen) atoms. The Morgan fingerprint density at radius 1 is 1.44 bits per heavy atom. The fourth-order valence-corrected chi connectivity index (χ4v) is 2.02. The van der Waals surface area contributed by atoms with E-state index in [1.165, 1.54) is 12.8 Å². The summed E-state index contributed by atoms with van der Waals surface area (Å²) in [5, 5.41) is 11.9. The van der Waals surface area contributed by atoms with Crippen LogP contribution in [0, 0.1) is 5.92 Å². The molecule has 0 aliphatic heterocycles. The van der Waals surface area contributed by atoms with E-state index in [-0.39, 0.29) is 0 Å². The lowest BCUT2D eigenvalue weighted by molar-refractivity contribution is 0.417. The van der Waals surface area contributed by atoms with E-state index in [0.717, 1.165) is 12.1 Å². The topological polar surface area (TPSA) is 78.8 Å². The van der Waals surface area contributed by atoms with Gasteiger partial charge in [0.25, 0.3) is 0 Å². The van der Waals surface area contributed by atoms with Crippen molar-refractivity contribution in [3.8, 4) is 17.1 Å². The van der Waals surface area contributed by atoms with E-state index in [1.807, 2.05) is 16.8 Å². The maximum Gasteiger partial charge on any atom is 0.185 e. The molecule has 0 radical (unpaired) electrons. The van der Waals surface area contributed by atoms with Crippen molar-refractivity contribution in [3.63, 3.8) is 0 Å². The highest BCUT2D eigenvalue weighted by molar-refractivity contribution is 5.73. The minimum Gasteiger partial charge on any atom is -0.494 e. The van der Waals surface area contributed by atoms with E-state index in [0.29, 0.717) is 23.2 Å². The fraction of sp³-hybridized carbons (Fsp3) is 0.417. The van der Waals surface area contributed by atoms with Crippen molar-refractivity contribution in [1.82, 2.24) is 20.2 Å². The number of anilines is 1. The number of para-hydroxylation sites is 1. The fourth-order valence-electron chi connectivity index (χ4n) is 2.02. The number of tetrazole rings is 1. The van der Waals surface area contributed by atoms with Gasteiger partial charge in [-0.1, -0.05) is 6.07 Å². The number of nitrogens with two attached hydrogens (primary N) is 1. The van der Waals surface area contributed by atoms with Crippen molar-refractivity contribution >= 4 is 5.69 Å². The number of nitrogens with zero attached hydrogens (tertiary/aromatic N) is 4. The van der Waals surface area contributed by atoms with Gasteiger partial charge in [-0.3, -0.25) is 0 Å². The number of benzene rings is 1. The third-order valence-corrected chi connectivity index (χ3v) is 3.15. The molecule has 1 saturated carbocycles. The molecule has 0 atom stereocenters. The number of aromatic nitrogens is 4. The molecule has 1 aromatic carbocycles. The van der Waals surface area contributed by atoms with Crippen LogP contribution in [0.5, 0.6) is 5.75 Å². The Hall–Kier alpha value is -2.11. The van der Waals surface area contributed by atoms with Crippen LogP contribution in [0.25, 0.3) is 11.4 Å². The van der Waals surface area contributed by atoms with E-state index in [4.69, 9.17) is 10.5 Å². The van der Waals surface area contributed by atoms with Crippen molar-refractivity contribution in [3.05, 3.63) is 18.2 Å². The van der Waals surface area contributed by atoms with Crippen LogP contribution in [0.15, 0.2) is 18.2 Å². The van der Waals surface area contributed by atoms with Gasteiger partial charge in [0.15, 0.2) is 11.6 Å². The average molecular weight is 245 g/mol. The molecule has 1 fully saturated rings. The highest BCUT2D eigenvalue weighted by atomic mass is 16.5. The molecule has 6 nitrogen and oxygen atoms in total. The highest BCUT2D eigenvalue weighted by Gasteiger charge is 2.25. The van der Waals surface area contributed by atoms with Gasteiger partial charge in [-0.25, -0.2) is 4.68 Å². The first-order chi connectivity index (χ1) is 8.79. The normalized spacial score (nSPS) is 14.7. The Balaban J connectivity index is 2.03. The van der Waals surface area contributed by atoms with Gasteiger partial charge < -0.3 is 10.5 Å². The Kier molecular flexibility index (Phi) is 2.62. The molecule has 1 aliphatic rings. The number of hydrogen-bond acceptors (Lipinski definition) is 5. The maximum absolute atomic E-state index is 5.90. The molecule has 3 rings (SSSR count). The van der Waals surface area contributed by atoms with E-state index < -0.39 is 0 Å². The highest BCUT2D eigenvalue weighted by Crippen LogP contribution is 2.35. The predicted octanol–water partition coefficient (Wildman–Crippen LogP) is 1.34. The SMILES string of the molecule is COc1c(N)cccc1-c1nnnn1CC1CC1. The second kappa shape index (κ2) is 4.29. The van der Waals surface area contributed by atoms with Gasteiger partial charge in [0.1, 0.15) is 0 Å². The summed E-state index contributed by atoms with van der Waals surface area (Å²) in [5.74, 6) is 2.05. The van der Waals surface area contributed by atoms with Crippen LogP contribution in [0.2, 0.25) is 0 Å². The molecule has 0 bridgehead atoms. The van der Waals surface area contributed by atoms with Gasteiger partial charge in [-0.05, 0) is 41.3 Å². The molecule has 0 unspecified atom stereocenters. The maximum atomic E-state index is 5.90. The van der Waals surface area contributed by atoms with Crippen molar-refractivity contribution in [2.75, 3.05) is 12.8 Å². The smallest absolute Gasteiger partial charge is 0.185 e. The third kappa shape index (κ3) is 1.90. The lowest BCUT2D eigenvalue weighted by Crippen LogP contribution is -2.05. The molecule has 1 heterocycles. The summed E-state index contributed by atoms with van der Waals surface area (Å²) in [6.45, 7) is 0.861. The zero-order valence-corrected chi connectivity index (χ0v) is 10.2. The van der Waals surface area contributed by atoms with E-state index in [1.54, 1.807) is 13.2 Å². The summed E-state index contributed by atoms with van der Waals surface area (Å²) in [7, 11) is 1.60. The van der Waals surface area contributed by atoms with Crippen molar-refractivity contribution in [2.45, 2.75) is 19.4 Å². The third-order valence-electron chi connectivity index (χ3n) is 3.15. The monoisotopic (exact) mass is 245 g/mol. The molecular weight excluding hydrogens is 230 g/mol. The van der Waals surface area contributed by atoms with Crippen LogP contribution in [-0.2, 0) is 6.54 Å². The van der Waals surface area contributed by atoms with Gasteiger partial charge in [-0.2, -0.15) is 0 Å². The van der Waals surface area contributed by atoms with Gasteiger partial charge in [0.2, 0.25) is 0 Å². The largest absolute Gasteiger partial charge is 0.494 e. The Labute approximate surface area is 105 Å². The van der Waals surface area contributed by atoms with Gasteiger partial charge in [0, 0.05) is 6.54 Å². The zero-order chi connectivity index (χ0) is 12.5. The summed E-state index contributed by atoms with van der Waals surface area (Å²) >= 11 is 0. The second-order valence-corrected chi connectivity index (χ2v) is 4.56. The van der Waals surface area contributed by atoms with Crippen molar-refractivity contribution in [1.29, 1.82) is 0 Å². The van der Waals surface area contributed by atoms with Crippen LogP contribution in [-0.4, -0.2) is 27.3 Å². The van der Waals surface area contributed by atoms with Gasteiger partial charge in [-0.15, -0.1) is 5.10 Å². The first-order valence-electron chi connectivity index (χ1n) is 5.98. The second-order valence-electron chi connectivity index (χ2n) is 4.56. The molecule has 2 N–H and O–H groups in total. The number of ether oxygens (including phenoxy) is 1. The van der Waals surface area contributed by atoms with E-state index >= 15 is 0 Å². The summed E-state index contributed by atoms with van der Waals surface area (Å²) in [6, 6.07) is 5.60. The summed E-state index contributed by atoms with van der Waals surface area (Å²) in [5.41, 5.74) is 7.33. The molecule has 0 spiro atoms. The Morgan fingerprint density at radius 2 is 2.28 bits per heavy atom. The number of nitrogen functional groups attached to an aromatic ring is 1. The summed E-state index contributed by atoms with van der Waals surface area (Å²) in [4.78, 5) is 0. The van der Waals surface area contributed by atoms with Crippen molar-refractivity contribution < 1.29 is 4.74 Å². The first kappa shape index (κ1) is 11.0. The summed E-state index contributed by atoms with van der Waals surface area (Å²) < 4.78 is 7.17. The van der Waals surface area contributed by atoms with Gasteiger partial charge in [0.05, 0.1) is 18.4 Å². The molecule has 2 aromatic rings. The Morgan fingerprint density at radius 3 is 3.00 bits per heavy atom. The van der Waals surface area contributed by atoms with E-state index in [9.17, 15) is 0 Å². The minimum absolute atomic E-state index is 0.593. The molecule has 0 amide bonds.